The number of ether oxygens (including phenoxy) is 1. The quantitative estimate of drug-likeness (QED) is 0.290. The van der Waals surface area contributed by atoms with Crippen molar-refractivity contribution in [2.75, 3.05) is 13.2 Å². The molecule has 0 aliphatic heterocycles. The highest BCUT2D eigenvalue weighted by Crippen LogP contribution is 2.53. The Labute approximate surface area is 207 Å². The molecule has 3 aliphatic rings. The summed E-state index contributed by atoms with van der Waals surface area (Å²) in [5.41, 5.74) is 2.51. The van der Waals surface area contributed by atoms with E-state index in [1.165, 1.54) is 12.1 Å². The Morgan fingerprint density at radius 3 is 2.53 bits per heavy atom. The predicted octanol–water partition coefficient (Wildman–Crippen LogP) is 0.436. The highest BCUT2D eigenvalue weighted by Gasteiger charge is 2.70. The van der Waals surface area contributed by atoms with Gasteiger partial charge in [-0.2, -0.15) is 0 Å². The van der Waals surface area contributed by atoms with Gasteiger partial charge >= 0.3 is 0 Å². The lowest BCUT2D eigenvalue weighted by molar-refractivity contribution is -0.190. The number of phenols is 1. The van der Waals surface area contributed by atoms with Gasteiger partial charge in [-0.1, -0.05) is 38.3 Å². The number of aliphatic hydroxyl groups excluding tert-OH is 1. The first kappa shape index (κ1) is 26.1. The van der Waals surface area contributed by atoms with Gasteiger partial charge in [0.2, 0.25) is 5.91 Å². The number of carbonyl (C=O) groups is 5. The van der Waals surface area contributed by atoms with Crippen molar-refractivity contribution in [3.8, 4) is 5.75 Å². The molecule has 1 aromatic rings. The van der Waals surface area contributed by atoms with E-state index >= 15 is 0 Å². The second-order valence-electron chi connectivity index (χ2n) is 10.0. The van der Waals surface area contributed by atoms with Crippen LogP contribution >= 0.6 is 0 Å². The van der Waals surface area contributed by atoms with Crippen LogP contribution in [0.2, 0.25) is 0 Å². The summed E-state index contributed by atoms with van der Waals surface area (Å²) >= 11 is 0. The van der Waals surface area contributed by atoms with Crippen molar-refractivity contribution in [2.24, 2.45) is 29.4 Å². The molecule has 10 heteroatoms. The predicted molar refractivity (Wildman–Crippen MR) is 124 cm³/mol. The van der Waals surface area contributed by atoms with Crippen LogP contribution in [0.15, 0.2) is 18.2 Å². The van der Waals surface area contributed by atoms with Crippen LogP contribution in [0, 0.1) is 23.7 Å². The van der Waals surface area contributed by atoms with Gasteiger partial charge in [0.1, 0.15) is 5.75 Å². The fraction of sp³-hybridized carbons (Fsp3) is 0.577. The number of aliphatic hydroxyl groups is 2. The van der Waals surface area contributed by atoms with Crippen LogP contribution in [-0.4, -0.2) is 69.3 Å². The van der Waals surface area contributed by atoms with Crippen LogP contribution in [0.5, 0.6) is 5.75 Å². The van der Waals surface area contributed by atoms with Gasteiger partial charge in [-0.15, -0.1) is 0 Å². The Morgan fingerprint density at radius 2 is 1.86 bits per heavy atom. The smallest absolute Gasteiger partial charge is 0.235 e. The van der Waals surface area contributed by atoms with Crippen molar-refractivity contribution in [3.05, 3.63) is 29.3 Å². The minimum atomic E-state index is -2.93. The number of amides is 1. The fourth-order valence-corrected chi connectivity index (χ4v) is 6.17. The Morgan fingerprint density at radius 1 is 1.14 bits per heavy atom. The van der Waals surface area contributed by atoms with E-state index in [2.05, 4.69) is 6.92 Å². The number of hydrogen-bond acceptors (Lipinski definition) is 9. The van der Waals surface area contributed by atoms with Gasteiger partial charge in [0, 0.05) is 30.8 Å². The first-order valence-electron chi connectivity index (χ1n) is 12.3. The van der Waals surface area contributed by atoms with E-state index in [1.54, 1.807) is 6.07 Å². The van der Waals surface area contributed by atoms with E-state index in [0.717, 1.165) is 25.7 Å². The molecule has 0 bridgehead atoms. The minimum Gasteiger partial charge on any atom is -0.507 e. The van der Waals surface area contributed by atoms with E-state index in [1.807, 2.05) is 0 Å². The summed E-state index contributed by atoms with van der Waals surface area (Å²) in [5, 5.41) is 33.2. The van der Waals surface area contributed by atoms with Crippen molar-refractivity contribution >= 4 is 29.0 Å². The molecule has 2 unspecified atom stereocenters. The van der Waals surface area contributed by atoms with Gasteiger partial charge in [-0.3, -0.25) is 24.0 Å². The number of primary amides is 1. The van der Waals surface area contributed by atoms with E-state index in [0.29, 0.717) is 12.2 Å². The third kappa shape index (κ3) is 3.88. The highest BCUT2D eigenvalue weighted by molar-refractivity contribution is 6.31. The molecule has 0 spiro atoms. The number of aromatic hydroxyl groups is 1. The van der Waals surface area contributed by atoms with E-state index in [-0.39, 0.29) is 17.9 Å². The molecule has 1 aromatic carbocycles. The first-order chi connectivity index (χ1) is 17.1. The monoisotopic (exact) mass is 501 g/mol. The van der Waals surface area contributed by atoms with Crippen LogP contribution in [0.1, 0.15) is 60.9 Å². The molecule has 2 saturated carbocycles. The fourth-order valence-electron chi connectivity index (χ4n) is 6.17. The second-order valence-corrected chi connectivity index (χ2v) is 10.0. The molecule has 7 atom stereocenters. The Balaban J connectivity index is 1.75. The lowest BCUT2D eigenvalue weighted by Gasteiger charge is -2.53. The minimum absolute atomic E-state index is 0.0122. The van der Waals surface area contributed by atoms with Crippen molar-refractivity contribution in [3.63, 3.8) is 0 Å². The molecule has 10 nitrogen and oxygen atoms in total. The van der Waals surface area contributed by atoms with Gasteiger partial charge in [-0.25, -0.2) is 0 Å². The maximum atomic E-state index is 13.7. The second kappa shape index (κ2) is 9.84. The number of ketones is 4. The average molecular weight is 502 g/mol. The number of carbonyl (C=O) groups excluding carboxylic acids is 5. The molecule has 1 amide bonds. The molecular weight excluding hydrogens is 470 g/mol. The standard InChI is InChI=1S/C26H31NO9/c1-2-3-4-5-9-36-11-13-12-7-6-8-15(28)17(12)22(31)20-18(13)21(30)14-10-16(29)19(25(27)34)23(32)26(14,35)24(20)33/h6-8,13-14,18-21,28,30,35H,2-5,9-11H2,1H3,(H2,27,34)/t13-,14+,18+,19?,20?,21+,26+/m0/s1. The molecule has 0 saturated heterocycles. The van der Waals surface area contributed by atoms with Crippen molar-refractivity contribution in [1.29, 1.82) is 0 Å². The molecule has 194 valence electrons. The van der Waals surface area contributed by atoms with Gasteiger partial charge in [-0.05, 0) is 18.1 Å². The molecule has 0 heterocycles. The van der Waals surface area contributed by atoms with Crippen LogP contribution in [-0.2, 0) is 23.9 Å². The van der Waals surface area contributed by atoms with Crippen LogP contribution in [0.4, 0.5) is 0 Å². The SMILES string of the molecule is CCCCCCOC[C@H]1c2cccc(O)c2C(=O)C2C(=O)[C@]3(O)C(=O)C(C(N)=O)C(=O)C[C@@H]3[C@@H](O)[C@@H]21. The molecular formula is C26H31NO9. The lowest BCUT2D eigenvalue weighted by atomic mass is 9.50. The summed E-state index contributed by atoms with van der Waals surface area (Å²) in [7, 11) is 0. The van der Waals surface area contributed by atoms with Gasteiger partial charge in [0.15, 0.2) is 34.7 Å². The van der Waals surface area contributed by atoms with Crippen LogP contribution < -0.4 is 5.73 Å². The topological polar surface area (TPSA) is 181 Å². The maximum absolute atomic E-state index is 13.7. The number of hydrogen-bond donors (Lipinski definition) is 4. The largest absolute Gasteiger partial charge is 0.507 e. The number of Topliss-reactive ketones (excluding diaryl/α,β-unsaturated/α-hetero) is 4. The van der Waals surface area contributed by atoms with Gasteiger partial charge < -0.3 is 25.8 Å². The van der Waals surface area contributed by atoms with Crippen molar-refractivity contribution in [1.82, 2.24) is 0 Å². The number of benzene rings is 1. The van der Waals surface area contributed by atoms with Gasteiger partial charge in [0.05, 0.1) is 24.2 Å². The summed E-state index contributed by atoms with van der Waals surface area (Å²) in [6.45, 7) is 2.50. The van der Waals surface area contributed by atoms with Crippen molar-refractivity contribution in [2.45, 2.75) is 56.7 Å². The lowest BCUT2D eigenvalue weighted by Crippen LogP contribution is -2.72. The maximum Gasteiger partial charge on any atom is 0.235 e. The van der Waals surface area contributed by atoms with Gasteiger partial charge in [0.25, 0.3) is 0 Å². The van der Waals surface area contributed by atoms with Crippen molar-refractivity contribution < 1.29 is 44.0 Å². The summed E-state index contributed by atoms with van der Waals surface area (Å²) < 4.78 is 5.86. The third-order valence-corrected chi connectivity index (χ3v) is 7.96. The number of fused-ring (bicyclic) bond motifs is 3. The molecule has 2 fully saturated rings. The normalized spacial score (nSPS) is 33.6. The zero-order chi connectivity index (χ0) is 26.4. The summed E-state index contributed by atoms with van der Waals surface area (Å²) in [6.07, 6.45) is 1.61. The summed E-state index contributed by atoms with van der Waals surface area (Å²) in [5.74, 6) is -13.1. The summed E-state index contributed by atoms with van der Waals surface area (Å²) in [6, 6.07) is 4.43. The Kier molecular flexibility index (Phi) is 7.14. The summed E-state index contributed by atoms with van der Waals surface area (Å²) in [4.78, 5) is 64.6. The Hall–Kier alpha value is -2.95. The highest BCUT2D eigenvalue weighted by atomic mass is 16.5. The molecule has 5 N–H and O–H groups in total. The molecule has 4 rings (SSSR count). The van der Waals surface area contributed by atoms with Crippen LogP contribution in [0.3, 0.4) is 0 Å². The zero-order valence-electron chi connectivity index (χ0n) is 20.0. The number of phenolic OH excluding ortho intramolecular Hbond substituents is 1. The van der Waals surface area contributed by atoms with E-state index < -0.39 is 76.8 Å². The molecule has 0 aromatic heterocycles. The molecule has 0 radical (unpaired) electrons. The average Bonchev–Trinajstić information content (AvgIpc) is 2.82. The number of nitrogens with two attached hydrogens (primary N) is 1. The Bertz CT molecular complexity index is 1110. The van der Waals surface area contributed by atoms with E-state index in [4.69, 9.17) is 10.5 Å². The van der Waals surface area contributed by atoms with Crippen LogP contribution in [0.25, 0.3) is 0 Å². The zero-order valence-corrected chi connectivity index (χ0v) is 20.0. The number of rotatable bonds is 8. The first-order valence-corrected chi connectivity index (χ1v) is 12.3. The third-order valence-electron chi connectivity index (χ3n) is 7.96. The number of unbranched alkanes of at least 4 members (excludes halogenated alkanes) is 3. The molecule has 36 heavy (non-hydrogen) atoms. The molecule has 3 aliphatic carbocycles. The van der Waals surface area contributed by atoms with E-state index in [9.17, 15) is 39.3 Å².